The van der Waals surface area contributed by atoms with E-state index in [0.29, 0.717) is 33.7 Å². The molecule has 28 heavy (non-hydrogen) atoms. The van der Waals surface area contributed by atoms with Gasteiger partial charge in [-0.15, -0.1) is 11.8 Å². The van der Waals surface area contributed by atoms with Crippen molar-refractivity contribution in [1.82, 2.24) is 5.43 Å². The molecule has 2 aromatic carbocycles. The van der Waals surface area contributed by atoms with Gasteiger partial charge < -0.3 is 9.47 Å². The minimum Gasteiger partial charge on any atom is -0.493 e. The van der Waals surface area contributed by atoms with E-state index in [9.17, 15) is 4.79 Å². The average molecular weight is 441 g/mol. The summed E-state index contributed by atoms with van der Waals surface area (Å²) in [5.41, 5.74) is 4.08. The molecule has 0 saturated carbocycles. The lowest BCUT2D eigenvalue weighted by Gasteiger charge is -2.11. The number of nitrogens with zero attached hydrogens (tertiary/aromatic N) is 1. The van der Waals surface area contributed by atoms with Gasteiger partial charge in [0.2, 0.25) is 5.91 Å². The number of halogens is 2. The molecule has 0 bridgehead atoms. The van der Waals surface area contributed by atoms with Crippen molar-refractivity contribution >= 4 is 47.1 Å². The Bertz CT molecular complexity index is 860. The van der Waals surface area contributed by atoms with Crippen molar-refractivity contribution in [3.63, 3.8) is 0 Å². The van der Waals surface area contributed by atoms with Crippen LogP contribution in [0.4, 0.5) is 0 Å². The maximum absolute atomic E-state index is 12.3. The molecule has 0 atom stereocenters. The molecular weight excluding hydrogens is 419 g/mol. The van der Waals surface area contributed by atoms with Crippen molar-refractivity contribution in [1.29, 1.82) is 0 Å². The van der Waals surface area contributed by atoms with Gasteiger partial charge in [0.25, 0.3) is 0 Å². The highest BCUT2D eigenvalue weighted by Crippen LogP contribution is 2.36. The summed E-state index contributed by atoms with van der Waals surface area (Å²) >= 11 is 14.0. The summed E-state index contributed by atoms with van der Waals surface area (Å²) in [7, 11) is 1.54. The first-order valence-corrected chi connectivity index (χ1v) is 10.5. The number of hydrazone groups is 1. The largest absolute Gasteiger partial charge is 0.493 e. The lowest BCUT2D eigenvalue weighted by molar-refractivity contribution is -0.120. The predicted molar refractivity (Wildman–Crippen MR) is 116 cm³/mol. The zero-order valence-electron chi connectivity index (χ0n) is 15.9. The molecule has 150 valence electrons. The molecule has 0 spiro atoms. The van der Waals surface area contributed by atoms with Gasteiger partial charge in [0.1, 0.15) is 0 Å². The molecule has 0 aromatic heterocycles. The highest BCUT2D eigenvalue weighted by atomic mass is 35.5. The normalized spacial score (nSPS) is 10.9. The standard InChI is InChI=1S/C20H22Cl2N2O3S/c1-4-27-20-16(22)8-13(9-17(20)26-3)12-23-24-19(25)11-14-10-15(21)6-7-18(14)28-5-2/h6-10,12H,4-5,11H2,1-3H3,(H,24,25)/b23-12-. The third kappa shape index (κ3) is 6.33. The predicted octanol–water partition coefficient (Wildman–Crippen LogP) is 5.21. The molecular formula is C20H22Cl2N2O3S. The van der Waals surface area contributed by atoms with Gasteiger partial charge in [0.15, 0.2) is 11.5 Å². The van der Waals surface area contributed by atoms with E-state index >= 15 is 0 Å². The smallest absolute Gasteiger partial charge is 0.244 e. The van der Waals surface area contributed by atoms with Crippen molar-refractivity contribution in [2.45, 2.75) is 25.2 Å². The molecule has 0 heterocycles. The van der Waals surface area contributed by atoms with Crippen molar-refractivity contribution in [3.8, 4) is 11.5 Å². The van der Waals surface area contributed by atoms with Gasteiger partial charge in [-0.2, -0.15) is 5.10 Å². The number of hydrogen-bond donors (Lipinski definition) is 1. The Morgan fingerprint density at radius 2 is 2.04 bits per heavy atom. The van der Waals surface area contributed by atoms with Crippen LogP contribution in [0.1, 0.15) is 25.0 Å². The van der Waals surface area contributed by atoms with Crippen molar-refractivity contribution in [2.24, 2.45) is 5.10 Å². The Morgan fingerprint density at radius 1 is 1.25 bits per heavy atom. The highest BCUT2D eigenvalue weighted by molar-refractivity contribution is 7.99. The second-order valence-corrected chi connectivity index (χ2v) is 7.77. The van der Waals surface area contributed by atoms with E-state index in [1.807, 2.05) is 19.1 Å². The number of amides is 1. The Labute approximate surface area is 179 Å². The van der Waals surface area contributed by atoms with Gasteiger partial charge in [-0.05, 0) is 54.1 Å². The summed E-state index contributed by atoms with van der Waals surface area (Å²) in [6.07, 6.45) is 1.69. The maximum atomic E-state index is 12.3. The Morgan fingerprint density at radius 3 is 2.71 bits per heavy atom. The number of carbonyl (C=O) groups is 1. The monoisotopic (exact) mass is 440 g/mol. The highest BCUT2D eigenvalue weighted by Gasteiger charge is 2.11. The molecule has 0 unspecified atom stereocenters. The summed E-state index contributed by atoms with van der Waals surface area (Å²) in [6.45, 7) is 4.40. The van der Waals surface area contributed by atoms with Gasteiger partial charge in [-0.3, -0.25) is 4.79 Å². The molecule has 2 rings (SSSR count). The zero-order chi connectivity index (χ0) is 20.5. The molecule has 0 aliphatic carbocycles. The average Bonchev–Trinajstić information content (AvgIpc) is 2.66. The first kappa shape index (κ1) is 22.4. The number of benzene rings is 2. The number of thioether (sulfide) groups is 1. The van der Waals surface area contributed by atoms with Crippen LogP contribution in [0.3, 0.4) is 0 Å². The molecule has 1 N–H and O–H groups in total. The fraction of sp³-hybridized carbons (Fsp3) is 0.300. The van der Waals surface area contributed by atoms with Crippen molar-refractivity contribution in [2.75, 3.05) is 19.5 Å². The minimum atomic E-state index is -0.236. The van der Waals surface area contributed by atoms with Crippen LogP contribution in [0.5, 0.6) is 11.5 Å². The lowest BCUT2D eigenvalue weighted by atomic mass is 10.1. The van der Waals surface area contributed by atoms with Gasteiger partial charge in [0, 0.05) is 9.92 Å². The number of nitrogens with one attached hydrogen (secondary N) is 1. The van der Waals surface area contributed by atoms with Crippen LogP contribution in [0, 0.1) is 0 Å². The van der Waals surface area contributed by atoms with E-state index in [0.717, 1.165) is 16.2 Å². The van der Waals surface area contributed by atoms with Crippen LogP contribution < -0.4 is 14.9 Å². The fourth-order valence-electron chi connectivity index (χ4n) is 2.47. The van der Waals surface area contributed by atoms with E-state index in [-0.39, 0.29) is 12.3 Å². The third-order valence-corrected chi connectivity index (χ3v) is 5.13. The van der Waals surface area contributed by atoms with Crippen LogP contribution in [-0.2, 0) is 11.2 Å². The summed E-state index contributed by atoms with van der Waals surface area (Å²) in [4.78, 5) is 13.3. The summed E-state index contributed by atoms with van der Waals surface area (Å²) < 4.78 is 10.8. The van der Waals surface area contributed by atoms with Gasteiger partial charge in [0.05, 0.1) is 31.4 Å². The van der Waals surface area contributed by atoms with Gasteiger partial charge in [-0.1, -0.05) is 30.1 Å². The Kier molecular flexibility index (Phi) is 8.96. The number of carbonyl (C=O) groups excluding carboxylic acids is 1. The lowest BCUT2D eigenvalue weighted by Crippen LogP contribution is -2.20. The van der Waals surface area contributed by atoms with E-state index in [4.69, 9.17) is 32.7 Å². The molecule has 0 saturated heterocycles. The molecule has 0 aliphatic heterocycles. The molecule has 0 radical (unpaired) electrons. The Balaban J connectivity index is 2.06. The molecule has 0 aliphatic rings. The third-order valence-electron chi connectivity index (χ3n) is 3.62. The van der Waals surface area contributed by atoms with Gasteiger partial charge in [-0.25, -0.2) is 5.43 Å². The van der Waals surface area contributed by atoms with Crippen LogP contribution >= 0.6 is 35.0 Å². The molecule has 2 aromatic rings. The topological polar surface area (TPSA) is 59.9 Å². The molecule has 1 amide bonds. The van der Waals surface area contributed by atoms with Crippen LogP contribution in [0.2, 0.25) is 10.0 Å². The van der Waals surface area contributed by atoms with E-state index in [1.165, 1.54) is 13.3 Å². The van der Waals surface area contributed by atoms with E-state index in [2.05, 4.69) is 17.5 Å². The second kappa shape index (κ2) is 11.2. The number of methoxy groups -OCH3 is 1. The number of rotatable bonds is 9. The number of hydrogen-bond acceptors (Lipinski definition) is 5. The summed E-state index contributed by atoms with van der Waals surface area (Å²) in [5.74, 6) is 1.66. The zero-order valence-corrected chi connectivity index (χ0v) is 18.2. The van der Waals surface area contributed by atoms with Gasteiger partial charge >= 0.3 is 0 Å². The summed E-state index contributed by atoms with van der Waals surface area (Å²) in [5, 5.41) is 5.02. The van der Waals surface area contributed by atoms with Crippen LogP contribution in [0.25, 0.3) is 0 Å². The quantitative estimate of drug-likeness (QED) is 0.330. The van der Waals surface area contributed by atoms with Crippen LogP contribution in [0.15, 0.2) is 40.3 Å². The van der Waals surface area contributed by atoms with E-state index < -0.39 is 0 Å². The summed E-state index contributed by atoms with van der Waals surface area (Å²) in [6, 6.07) is 8.98. The van der Waals surface area contributed by atoms with Crippen molar-refractivity contribution < 1.29 is 14.3 Å². The second-order valence-electron chi connectivity index (χ2n) is 5.62. The first-order chi connectivity index (χ1) is 13.5. The molecule has 8 heteroatoms. The SMILES string of the molecule is CCOc1c(Cl)cc(/C=N\NC(=O)Cc2cc(Cl)ccc2SCC)cc1OC. The first-order valence-electron chi connectivity index (χ1n) is 8.71. The van der Waals surface area contributed by atoms with Crippen LogP contribution in [-0.4, -0.2) is 31.6 Å². The van der Waals surface area contributed by atoms with Crippen molar-refractivity contribution in [3.05, 3.63) is 51.5 Å². The maximum Gasteiger partial charge on any atom is 0.244 e. The Hall–Kier alpha value is -1.89. The fourth-order valence-corrected chi connectivity index (χ4v) is 3.73. The van der Waals surface area contributed by atoms with E-state index in [1.54, 1.807) is 30.0 Å². The molecule has 5 nitrogen and oxygen atoms in total. The molecule has 0 fully saturated rings. The number of ether oxygens (including phenoxy) is 2. The minimum absolute atomic E-state index is 0.188.